The number of piperazine rings is 1. The van der Waals surface area contributed by atoms with Gasteiger partial charge in [0.05, 0.1) is 12.5 Å². The van der Waals surface area contributed by atoms with Crippen LogP contribution in [0.5, 0.6) is 5.75 Å². The standard InChI is InChI=1S/C16H24N2O2/c1-12-11-17-9-10-18(12)15(19)16(2,3)13-7-5-6-8-14(13)20-4/h5-8,12,17H,9-11H2,1-4H3. The number of carbonyl (C=O) groups excluding carboxylic acids is 1. The van der Waals surface area contributed by atoms with Crippen molar-refractivity contribution in [3.63, 3.8) is 0 Å². The first kappa shape index (κ1) is 14.9. The lowest BCUT2D eigenvalue weighted by Gasteiger charge is -2.39. The maximum Gasteiger partial charge on any atom is 0.233 e. The van der Waals surface area contributed by atoms with Gasteiger partial charge in [-0.3, -0.25) is 4.79 Å². The summed E-state index contributed by atoms with van der Waals surface area (Å²) in [5.41, 5.74) is 0.358. The van der Waals surface area contributed by atoms with E-state index < -0.39 is 5.41 Å². The van der Waals surface area contributed by atoms with Crippen LogP contribution in [-0.4, -0.2) is 43.6 Å². The zero-order valence-electron chi connectivity index (χ0n) is 12.8. The van der Waals surface area contributed by atoms with Crippen LogP contribution in [0.4, 0.5) is 0 Å². The molecule has 4 heteroatoms. The monoisotopic (exact) mass is 276 g/mol. The van der Waals surface area contributed by atoms with E-state index >= 15 is 0 Å². The third-order valence-corrected chi connectivity index (χ3v) is 4.08. The molecular formula is C16H24N2O2. The minimum Gasteiger partial charge on any atom is -0.496 e. The van der Waals surface area contributed by atoms with E-state index in [2.05, 4.69) is 12.2 Å². The number of para-hydroxylation sites is 1. The van der Waals surface area contributed by atoms with Crippen LogP contribution in [0.25, 0.3) is 0 Å². The summed E-state index contributed by atoms with van der Waals surface area (Å²) in [6.07, 6.45) is 0. The Labute approximate surface area is 121 Å². The number of carbonyl (C=O) groups is 1. The van der Waals surface area contributed by atoms with Gasteiger partial charge in [0.2, 0.25) is 5.91 Å². The first-order valence-electron chi connectivity index (χ1n) is 7.13. The van der Waals surface area contributed by atoms with Gasteiger partial charge < -0.3 is 15.0 Å². The molecule has 1 aromatic carbocycles. The summed E-state index contributed by atoms with van der Waals surface area (Å²) in [4.78, 5) is 14.9. The van der Waals surface area contributed by atoms with Gasteiger partial charge in [-0.15, -0.1) is 0 Å². The molecule has 2 rings (SSSR count). The second-order valence-electron chi connectivity index (χ2n) is 5.88. The maximum absolute atomic E-state index is 12.9. The number of hydrogen-bond acceptors (Lipinski definition) is 3. The fraction of sp³-hybridized carbons (Fsp3) is 0.562. The Morgan fingerprint density at radius 3 is 2.75 bits per heavy atom. The second kappa shape index (κ2) is 5.83. The number of ether oxygens (including phenoxy) is 1. The zero-order valence-corrected chi connectivity index (χ0v) is 12.8. The number of hydrogen-bond donors (Lipinski definition) is 1. The van der Waals surface area contributed by atoms with E-state index in [-0.39, 0.29) is 11.9 Å². The van der Waals surface area contributed by atoms with Gasteiger partial charge in [-0.2, -0.15) is 0 Å². The van der Waals surface area contributed by atoms with Crippen LogP contribution >= 0.6 is 0 Å². The molecule has 0 saturated carbocycles. The van der Waals surface area contributed by atoms with E-state index in [9.17, 15) is 4.79 Å². The Morgan fingerprint density at radius 2 is 2.10 bits per heavy atom. The Hall–Kier alpha value is -1.55. The topological polar surface area (TPSA) is 41.6 Å². The van der Waals surface area contributed by atoms with Gasteiger partial charge >= 0.3 is 0 Å². The summed E-state index contributed by atoms with van der Waals surface area (Å²) >= 11 is 0. The van der Waals surface area contributed by atoms with Crippen molar-refractivity contribution in [2.75, 3.05) is 26.7 Å². The van der Waals surface area contributed by atoms with Crippen molar-refractivity contribution >= 4 is 5.91 Å². The van der Waals surface area contributed by atoms with Crippen LogP contribution in [0.3, 0.4) is 0 Å². The van der Waals surface area contributed by atoms with Crippen LogP contribution in [0.15, 0.2) is 24.3 Å². The summed E-state index contributed by atoms with van der Waals surface area (Å²) in [5.74, 6) is 0.935. The number of benzene rings is 1. The molecular weight excluding hydrogens is 252 g/mol. The van der Waals surface area contributed by atoms with Crippen LogP contribution in [-0.2, 0) is 10.2 Å². The molecule has 1 aliphatic rings. The molecule has 1 aromatic rings. The SMILES string of the molecule is COc1ccccc1C(C)(C)C(=O)N1CCNCC1C. The van der Waals surface area contributed by atoms with Gasteiger partial charge in [0.1, 0.15) is 5.75 Å². The molecule has 1 unspecified atom stereocenters. The minimum atomic E-state index is -0.585. The van der Waals surface area contributed by atoms with Gasteiger partial charge in [0.15, 0.2) is 0 Å². The van der Waals surface area contributed by atoms with Gasteiger partial charge in [0, 0.05) is 31.2 Å². The maximum atomic E-state index is 12.9. The molecule has 1 aliphatic heterocycles. The summed E-state index contributed by atoms with van der Waals surface area (Å²) in [5, 5.41) is 3.31. The fourth-order valence-electron chi connectivity index (χ4n) is 2.78. The molecule has 1 N–H and O–H groups in total. The summed E-state index contributed by atoms with van der Waals surface area (Å²) in [7, 11) is 1.65. The van der Waals surface area contributed by atoms with E-state index in [1.54, 1.807) is 7.11 Å². The molecule has 1 heterocycles. The summed E-state index contributed by atoms with van der Waals surface area (Å²) < 4.78 is 5.41. The number of rotatable bonds is 3. The van der Waals surface area contributed by atoms with Crippen LogP contribution in [0.2, 0.25) is 0 Å². The van der Waals surface area contributed by atoms with Crippen LogP contribution in [0, 0.1) is 0 Å². The Kier molecular flexibility index (Phi) is 4.33. The Morgan fingerprint density at radius 1 is 1.40 bits per heavy atom. The average molecular weight is 276 g/mol. The summed E-state index contributed by atoms with van der Waals surface area (Å²) in [6.45, 7) is 8.51. The number of nitrogens with one attached hydrogen (secondary N) is 1. The molecule has 1 saturated heterocycles. The molecule has 0 radical (unpaired) electrons. The lowest BCUT2D eigenvalue weighted by Crippen LogP contribution is -2.56. The van der Waals surface area contributed by atoms with E-state index in [1.807, 2.05) is 43.0 Å². The first-order chi connectivity index (χ1) is 9.48. The van der Waals surface area contributed by atoms with Gasteiger partial charge in [-0.05, 0) is 26.8 Å². The first-order valence-corrected chi connectivity index (χ1v) is 7.13. The quantitative estimate of drug-likeness (QED) is 0.915. The Balaban J connectivity index is 2.31. The van der Waals surface area contributed by atoms with Crippen molar-refractivity contribution < 1.29 is 9.53 Å². The Bertz CT molecular complexity index is 485. The lowest BCUT2D eigenvalue weighted by atomic mass is 9.82. The number of nitrogens with zero attached hydrogens (tertiary/aromatic N) is 1. The van der Waals surface area contributed by atoms with E-state index in [4.69, 9.17) is 4.74 Å². The molecule has 0 bridgehead atoms. The average Bonchev–Trinajstić information content (AvgIpc) is 2.47. The van der Waals surface area contributed by atoms with E-state index in [1.165, 1.54) is 0 Å². The fourth-order valence-corrected chi connectivity index (χ4v) is 2.78. The predicted octanol–water partition coefficient (Wildman–Crippen LogP) is 1.79. The summed E-state index contributed by atoms with van der Waals surface area (Å²) in [6, 6.07) is 7.99. The highest BCUT2D eigenvalue weighted by molar-refractivity contribution is 5.88. The molecule has 0 spiro atoms. The van der Waals surface area contributed by atoms with E-state index in [0.717, 1.165) is 30.9 Å². The highest BCUT2D eigenvalue weighted by Gasteiger charge is 2.38. The van der Waals surface area contributed by atoms with E-state index in [0.29, 0.717) is 0 Å². The minimum absolute atomic E-state index is 0.163. The molecule has 110 valence electrons. The normalized spacial score (nSPS) is 19.8. The van der Waals surface area contributed by atoms with Crippen molar-refractivity contribution in [1.29, 1.82) is 0 Å². The second-order valence-corrected chi connectivity index (χ2v) is 5.88. The third kappa shape index (κ3) is 2.66. The molecule has 4 nitrogen and oxygen atoms in total. The molecule has 1 atom stereocenters. The zero-order chi connectivity index (χ0) is 14.8. The smallest absolute Gasteiger partial charge is 0.233 e. The molecule has 1 amide bonds. The van der Waals surface area contributed by atoms with Crippen molar-refractivity contribution in [1.82, 2.24) is 10.2 Å². The van der Waals surface area contributed by atoms with Gasteiger partial charge in [-0.1, -0.05) is 18.2 Å². The highest BCUT2D eigenvalue weighted by Crippen LogP contribution is 2.33. The number of methoxy groups -OCH3 is 1. The van der Waals surface area contributed by atoms with Crippen molar-refractivity contribution in [3.8, 4) is 5.75 Å². The highest BCUT2D eigenvalue weighted by atomic mass is 16.5. The van der Waals surface area contributed by atoms with Crippen molar-refractivity contribution in [2.45, 2.75) is 32.2 Å². The molecule has 20 heavy (non-hydrogen) atoms. The lowest BCUT2D eigenvalue weighted by molar-refractivity contribution is -0.139. The number of amides is 1. The van der Waals surface area contributed by atoms with Crippen molar-refractivity contribution in [2.24, 2.45) is 0 Å². The largest absolute Gasteiger partial charge is 0.496 e. The molecule has 0 aromatic heterocycles. The van der Waals surface area contributed by atoms with Crippen LogP contribution < -0.4 is 10.1 Å². The van der Waals surface area contributed by atoms with Gasteiger partial charge in [0.25, 0.3) is 0 Å². The van der Waals surface area contributed by atoms with Crippen molar-refractivity contribution in [3.05, 3.63) is 29.8 Å². The predicted molar refractivity (Wildman–Crippen MR) is 80.1 cm³/mol. The van der Waals surface area contributed by atoms with Crippen LogP contribution in [0.1, 0.15) is 26.3 Å². The molecule has 0 aliphatic carbocycles. The van der Waals surface area contributed by atoms with Gasteiger partial charge in [-0.25, -0.2) is 0 Å². The molecule has 1 fully saturated rings. The third-order valence-electron chi connectivity index (χ3n) is 4.08.